The standard InChI is InChI=1S/C20H17F2N3O2/c21-20(22)27-18-11-10-14-6-4-5-9-16(14)17(18)12-24-25-19(26)13-23-15-7-2-1-3-8-15/h1-12,20,23H,13H2,(H,25,26)/b24-12-. The Morgan fingerprint density at radius 2 is 1.78 bits per heavy atom. The lowest BCUT2D eigenvalue weighted by atomic mass is 10.0. The Hall–Kier alpha value is -3.48. The van der Waals surface area contributed by atoms with E-state index >= 15 is 0 Å². The molecule has 0 aliphatic heterocycles. The van der Waals surface area contributed by atoms with Crippen LogP contribution in [0.2, 0.25) is 0 Å². The van der Waals surface area contributed by atoms with Crippen LogP contribution in [0.15, 0.2) is 71.8 Å². The molecule has 0 fully saturated rings. The van der Waals surface area contributed by atoms with Gasteiger partial charge in [0.15, 0.2) is 0 Å². The van der Waals surface area contributed by atoms with Gasteiger partial charge in [0.1, 0.15) is 5.75 Å². The molecule has 3 rings (SSSR count). The smallest absolute Gasteiger partial charge is 0.387 e. The van der Waals surface area contributed by atoms with Gasteiger partial charge in [-0.25, -0.2) is 5.43 Å². The maximum atomic E-state index is 12.7. The van der Waals surface area contributed by atoms with E-state index in [0.29, 0.717) is 10.9 Å². The Bertz CT molecular complexity index is 946. The Morgan fingerprint density at radius 3 is 2.56 bits per heavy atom. The highest BCUT2D eigenvalue weighted by Gasteiger charge is 2.11. The van der Waals surface area contributed by atoms with Crippen LogP contribution in [0.5, 0.6) is 5.75 Å². The van der Waals surface area contributed by atoms with Gasteiger partial charge in [0.2, 0.25) is 0 Å². The Balaban J connectivity index is 1.71. The number of anilines is 1. The molecule has 0 radical (unpaired) electrons. The topological polar surface area (TPSA) is 62.7 Å². The molecule has 27 heavy (non-hydrogen) atoms. The number of benzene rings is 3. The molecule has 3 aromatic carbocycles. The van der Waals surface area contributed by atoms with E-state index in [4.69, 9.17) is 0 Å². The fourth-order valence-corrected chi connectivity index (χ4v) is 2.55. The van der Waals surface area contributed by atoms with Crippen LogP contribution in [-0.2, 0) is 4.79 Å². The summed E-state index contributed by atoms with van der Waals surface area (Å²) in [4.78, 5) is 11.9. The number of hydrogen-bond donors (Lipinski definition) is 2. The second-order valence-corrected chi connectivity index (χ2v) is 5.59. The molecule has 5 nitrogen and oxygen atoms in total. The number of carbonyl (C=O) groups is 1. The zero-order chi connectivity index (χ0) is 19.1. The normalized spacial score (nSPS) is 11.1. The van der Waals surface area contributed by atoms with Crippen molar-refractivity contribution in [2.75, 3.05) is 11.9 Å². The lowest BCUT2D eigenvalue weighted by Gasteiger charge is -2.10. The number of nitrogens with one attached hydrogen (secondary N) is 2. The summed E-state index contributed by atoms with van der Waals surface area (Å²) >= 11 is 0. The number of carbonyl (C=O) groups excluding carboxylic acids is 1. The third-order valence-corrected chi connectivity index (χ3v) is 3.76. The van der Waals surface area contributed by atoms with Crippen molar-refractivity contribution < 1.29 is 18.3 Å². The molecule has 0 heterocycles. The molecule has 3 aromatic rings. The first kappa shape index (κ1) is 18.3. The molecule has 0 saturated heterocycles. The van der Waals surface area contributed by atoms with Crippen molar-refractivity contribution in [1.82, 2.24) is 5.43 Å². The van der Waals surface area contributed by atoms with Gasteiger partial charge in [-0.1, -0.05) is 48.5 Å². The number of hydrazone groups is 1. The molecule has 1 amide bonds. The average molecular weight is 369 g/mol. The summed E-state index contributed by atoms with van der Waals surface area (Å²) in [5, 5.41) is 8.37. The van der Waals surface area contributed by atoms with Crippen LogP contribution in [0.3, 0.4) is 0 Å². The third-order valence-electron chi connectivity index (χ3n) is 3.76. The number of nitrogens with zero attached hydrogens (tertiary/aromatic N) is 1. The van der Waals surface area contributed by atoms with Crippen molar-refractivity contribution in [3.63, 3.8) is 0 Å². The Labute approximate surface area is 154 Å². The molecule has 0 aliphatic rings. The van der Waals surface area contributed by atoms with Crippen LogP contribution in [0.4, 0.5) is 14.5 Å². The summed E-state index contributed by atoms with van der Waals surface area (Å²) < 4.78 is 29.9. The van der Waals surface area contributed by atoms with Crippen molar-refractivity contribution in [2.45, 2.75) is 6.61 Å². The van der Waals surface area contributed by atoms with Crippen LogP contribution < -0.4 is 15.5 Å². The number of fused-ring (bicyclic) bond motifs is 1. The van der Waals surface area contributed by atoms with E-state index < -0.39 is 6.61 Å². The predicted molar refractivity (Wildman–Crippen MR) is 101 cm³/mol. The zero-order valence-electron chi connectivity index (χ0n) is 14.2. The molecule has 138 valence electrons. The first-order valence-corrected chi connectivity index (χ1v) is 8.21. The molecule has 0 atom stereocenters. The van der Waals surface area contributed by atoms with Crippen LogP contribution >= 0.6 is 0 Å². The molecular weight excluding hydrogens is 352 g/mol. The maximum Gasteiger partial charge on any atom is 0.387 e. The van der Waals surface area contributed by atoms with Crippen molar-refractivity contribution in [1.29, 1.82) is 0 Å². The number of rotatable bonds is 7. The average Bonchev–Trinajstić information content (AvgIpc) is 2.68. The first-order valence-electron chi connectivity index (χ1n) is 8.21. The third kappa shape index (κ3) is 5.01. The minimum absolute atomic E-state index is 0.0101. The van der Waals surface area contributed by atoms with Gasteiger partial charge in [-0.2, -0.15) is 13.9 Å². The van der Waals surface area contributed by atoms with E-state index in [1.54, 1.807) is 18.2 Å². The van der Waals surface area contributed by atoms with Gasteiger partial charge in [0.05, 0.1) is 12.8 Å². The van der Waals surface area contributed by atoms with Crippen molar-refractivity contribution in [3.8, 4) is 5.75 Å². The number of hydrogen-bond acceptors (Lipinski definition) is 4. The quantitative estimate of drug-likeness (QED) is 0.489. The summed E-state index contributed by atoms with van der Waals surface area (Å²) in [5.74, 6) is -0.379. The monoisotopic (exact) mass is 369 g/mol. The Kier molecular flexibility index (Phi) is 5.94. The van der Waals surface area contributed by atoms with Gasteiger partial charge in [-0.15, -0.1) is 0 Å². The largest absolute Gasteiger partial charge is 0.434 e. The number of para-hydroxylation sites is 1. The van der Waals surface area contributed by atoms with Crippen LogP contribution in [-0.4, -0.2) is 25.3 Å². The van der Waals surface area contributed by atoms with Gasteiger partial charge in [0, 0.05) is 11.3 Å². The van der Waals surface area contributed by atoms with E-state index in [0.717, 1.165) is 11.1 Å². The second kappa shape index (κ2) is 8.75. The van der Waals surface area contributed by atoms with E-state index in [9.17, 15) is 13.6 Å². The van der Waals surface area contributed by atoms with Crippen molar-refractivity contribution >= 4 is 28.6 Å². The van der Waals surface area contributed by atoms with E-state index in [1.165, 1.54) is 12.3 Å². The van der Waals surface area contributed by atoms with E-state index in [2.05, 4.69) is 20.6 Å². The van der Waals surface area contributed by atoms with Crippen LogP contribution in [0.25, 0.3) is 10.8 Å². The lowest BCUT2D eigenvalue weighted by molar-refractivity contribution is -0.119. The number of ether oxygens (including phenoxy) is 1. The summed E-state index contributed by atoms with van der Waals surface area (Å²) in [6, 6.07) is 19.6. The SMILES string of the molecule is O=C(CNc1ccccc1)N/N=C\c1c(OC(F)F)ccc2ccccc12. The minimum Gasteiger partial charge on any atom is -0.434 e. The highest BCUT2D eigenvalue weighted by molar-refractivity contribution is 6.02. The number of halogens is 2. The van der Waals surface area contributed by atoms with Crippen LogP contribution in [0.1, 0.15) is 5.56 Å². The van der Waals surface area contributed by atoms with E-state index in [1.807, 2.05) is 42.5 Å². The number of amides is 1. The fourth-order valence-electron chi connectivity index (χ4n) is 2.55. The molecule has 0 unspecified atom stereocenters. The van der Waals surface area contributed by atoms with Crippen LogP contribution in [0, 0.1) is 0 Å². The van der Waals surface area contributed by atoms with Gasteiger partial charge in [-0.05, 0) is 29.0 Å². The molecule has 0 aliphatic carbocycles. The second-order valence-electron chi connectivity index (χ2n) is 5.59. The first-order chi connectivity index (χ1) is 13.1. The number of alkyl halides is 2. The maximum absolute atomic E-state index is 12.7. The molecule has 7 heteroatoms. The summed E-state index contributed by atoms with van der Waals surface area (Å²) in [6.45, 7) is -2.93. The minimum atomic E-state index is -2.96. The van der Waals surface area contributed by atoms with E-state index in [-0.39, 0.29) is 18.2 Å². The summed E-state index contributed by atoms with van der Waals surface area (Å²) in [5.41, 5.74) is 3.54. The molecule has 0 saturated carbocycles. The molecule has 0 bridgehead atoms. The summed E-state index contributed by atoms with van der Waals surface area (Å²) in [7, 11) is 0. The lowest BCUT2D eigenvalue weighted by Crippen LogP contribution is -2.25. The van der Waals surface area contributed by atoms with Gasteiger partial charge >= 0.3 is 6.61 Å². The molecule has 0 spiro atoms. The van der Waals surface area contributed by atoms with Gasteiger partial charge < -0.3 is 10.1 Å². The summed E-state index contributed by atoms with van der Waals surface area (Å²) in [6.07, 6.45) is 1.31. The molecular formula is C20H17F2N3O2. The Morgan fingerprint density at radius 1 is 1.04 bits per heavy atom. The van der Waals surface area contributed by atoms with Crippen molar-refractivity contribution in [2.24, 2.45) is 5.10 Å². The van der Waals surface area contributed by atoms with Crippen molar-refractivity contribution in [3.05, 3.63) is 72.3 Å². The van der Waals surface area contributed by atoms with Gasteiger partial charge in [-0.3, -0.25) is 4.79 Å². The zero-order valence-corrected chi connectivity index (χ0v) is 14.2. The highest BCUT2D eigenvalue weighted by atomic mass is 19.3. The molecule has 0 aromatic heterocycles. The van der Waals surface area contributed by atoms with Gasteiger partial charge in [0.25, 0.3) is 5.91 Å². The highest BCUT2D eigenvalue weighted by Crippen LogP contribution is 2.27. The fraction of sp³-hybridized carbons (Fsp3) is 0.100. The molecule has 2 N–H and O–H groups in total. The predicted octanol–water partition coefficient (Wildman–Crippen LogP) is 4.00.